The zero-order chi connectivity index (χ0) is 103. The molecule has 0 aliphatic heterocycles. The molecule has 0 heterocycles. The van der Waals surface area contributed by atoms with Crippen LogP contribution in [-0.2, 0) is 152 Å². The van der Waals surface area contributed by atoms with Crippen LogP contribution in [0.25, 0.3) is 0 Å². The molecule has 0 saturated carbocycles. The highest BCUT2D eigenvalue weighted by Crippen LogP contribution is 2.34. The molecule has 0 atom stereocenters. The largest absolute Gasteiger partial charge is 0.464 e. The second kappa shape index (κ2) is 60.1. The second-order valence-corrected chi connectivity index (χ2v) is 55.3. The molecule has 0 fully saturated rings. The van der Waals surface area contributed by atoms with Crippen LogP contribution in [0.2, 0.25) is 0 Å². The molecule has 5 amide bonds. The maximum absolute atomic E-state index is 14.2. The van der Waals surface area contributed by atoms with Crippen LogP contribution in [0.15, 0.2) is 0 Å². The number of hydrogen-bond donors (Lipinski definition) is 5. The van der Waals surface area contributed by atoms with E-state index in [2.05, 4.69) is 170 Å². The van der Waals surface area contributed by atoms with E-state index < -0.39 is 255 Å². The Labute approximate surface area is 856 Å². The number of carbonyl (C=O) groups is 16. The van der Waals surface area contributed by atoms with Crippen molar-refractivity contribution in [3.8, 4) is 0 Å². The highest BCUT2D eigenvalue weighted by Gasteiger charge is 2.46. The molecule has 0 radical (unpaired) electrons. The quantitative estimate of drug-likeness (QED) is 0.0163. The summed E-state index contributed by atoms with van der Waals surface area (Å²) in [6.45, 7) is 24.3. The molecule has 0 spiro atoms. The lowest BCUT2D eigenvalue weighted by atomic mass is 9.82. The number of amides is 5. The van der Waals surface area contributed by atoms with Gasteiger partial charge in [0.1, 0.15) is 130 Å². The first-order valence-corrected chi connectivity index (χ1v) is 49.7. The molecule has 133 heavy (non-hydrogen) atoms. The molecular weight excluding hydrogens is 2350 g/mol. The highest BCUT2D eigenvalue weighted by atomic mass is 79.9. The number of rotatable bonds is 70. The molecule has 0 aromatic rings. The number of ether oxygens (including phenoxy) is 17. The fraction of sp³-hybridized carbons (Fsp3) is 0.814. The molecule has 0 rings (SSSR count). The molecule has 47 heteroatoms. The summed E-state index contributed by atoms with van der Waals surface area (Å²) in [5.41, 5.74) is -6.78. The summed E-state index contributed by atoms with van der Waals surface area (Å²) >= 11 is 29.4. The number of alkyl halides is 9. The maximum Gasteiger partial charge on any atom is 0.407 e. The van der Waals surface area contributed by atoms with E-state index in [1.165, 1.54) is 125 Å². The topological polar surface area (TPSA) is 490 Å². The Morgan fingerprint density at radius 3 is 0.729 bits per heavy atom. The number of halogens is 9. The van der Waals surface area contributed by atoms with Gasteiger partial charge in [-0.3, -0.25) is 71.9 Å². The summed E-state index contributed by atoms with van der Waals surface area (Å²) in [4.78, 5) is 213. The Hall–Kier alpha value is -4.24. The monoisotopic (exact) mass is 2480 g/mol. The van der Waals surface area contributed by atoms with E-state index in [0.29, 0.717) is 0 Å². The minimum atomic E-state index is -1.59. The average Bonchev–Trinajstić information content (AvgIpc) is 0.858. The summed E-state index contributed by atoms with van der Waals surface area (Å²) < 4.78 is 86.2. The van der Waals surface area contributed by atoms with Crippen LogP contribution in [0.3, 0.4) is 0 Å². The van der Waals surface area contributed by atoms with Crippen LogP contribution in [0.5, 0.6) is 0 Å². The number of nitrogens with one attached hydrogen (secondary N) is 5. The Balaban J connectivity index is 7.55. The fourth-order valence-corrected chi connectivity index (χ4v) is 10.9. The van der Waals surface area contributed by atoms with Crippen LogP contribution in [0, 0.1) is 21.7 Å². The SMILES string of the molecule is CC(C)(C)OC(=O)NCCOCCOCCOCCOCC(CCC(=O)CCCC(=O)COCC(COC(=O)C(C)(C)Br)(COC(=O)C(C)(C)Br)COC(=O)C(C)(C)Br)(CNC(=O)CCNC(=O)COCC(COC(=O)C(C)(C)Br)(COC(=O)C(C)(C)Br)COC(=O)C(C)(C)Br)CNC(=O)CCNC(=O)COCC(COC(=O)C(C)(C)Br)(COC(=O)C(C)(C)Br)COC(=O)C(C)(C)Br. The van der Waals surface area contributed by atoms with E-state index in [1.54, 1.807) is 20.8 Å². The number of esters is 9. The predicted molar refractivity (Wildman–Crippen MR) is 520 cm³/mol. The van der Waals surface area contributed by atoms with Crippen LogP contribution in [0.4, 0.5) is 4.79 Å². The Morgan fingerprint density at radius 2 is 0.466 bits per heavy atom. The van der Waals surface area contributed by atoms with Gasteiger partial charge < -0.3 is 107 Å². The molecular formula is C86H138Br9N5O33. The van der Waals surface area contributed by atoms with Crippen LogP contribution >= 0.6 is 143 Å². The third-order valence-corrected chi connectivity index (χ3v) is 20.8. The molecule has 0 aromatic heterocycles. The van der Waals surface area contributed by atoms with E-state index >= 15 is 0 Å². The molecule has 5 N–H and O–H groups in total. The molecule has 0 aromatic carbocycles. The van der Waals surface area contributed by atoms with Crippen molar-refractivity contribution in [2.24, 2.45) is 21.7 Å². The second-order valence-electron chi connectivity index (χ2n) is 37.4. The van der Waals surface area contributed by atoms with Crippen molar-refractivity contribution in [3.05, 3.63) is 0 Å². The van der Waals surface area contributed by atoms with Crippen molar-refractivity contribution < 1.29 is 157 Å². The highest BCUT2D eigenvalue weighted by molar-refractivity contribution is 9.11. The van der Waals surface area contributed by atoms with Gasteiger partial charge in [-0.15, -0.1) is 0 Å². The third kappa shape index (κ3) is 59.8. The first kappa shape index (κ1) is 129. The minimum absolute atomic E-state index is 0.00247. The predicted octanol–water partition coefficient (Wildman–Crippen LogP) is 10.4. The third-order valence-electron chi connectivity index (χ3n) is 17.9. The molecule has 0 aliphatic carbocycles. The smallest absolute Gasteiger partial charge is 0.407 e. The lowest BCUT2D eigenvalue weighted by Crippen LogP contribution is -2.49. The lowest BCUT2D eigenvalue weighted by molar-refractivity contribution is -0.172. The van der Waals surface area contributed by atoms with Gasteiger partial charge in [0.25, 0.3) is 0 Å². The van der Waals surface area contributed by atoms with Gasteiger partial charge in [-0.25, -0.2) is 4.79 Å². The van der Waals surface area contributed by atoms with Crippen molar-refractivity contribution >= 4 is 238 Å². The van der Waals surface area contributed by atoms with Crippen molar-refractivity contribution in [3.63, 3.8) is 0 Å². The summed E-state index contributed by atoms with van der Waals surface area (Å²) in [6.07, 6.45) is -2.04. The van der Waals surface area contributed by atoms with Gasteiger partial charge in [-0.1, -0.05) is 143 Å². The molecule has 0 unspecified atom stereocenters. The van der Waals surface area contributed by atoms with E-state index in [4.69, 9.17) is 80.5 Å². The van der Waals surface area contributed by atoms with Crippen molar-refractivity contribution in [1.29, 1.82) is 0 Å². The van der Waals surface area contributed by atoms with Gasteiger partial charge >= 0.3 is 59.8 Å². The molecule has 38 nitrogen and oxygen atoms in total. The van der Waals surface area contributed by atoms with Crippen LogP contribution < -0.4 is 26.6 Å². The van der Waals surface area contributed by atoms with Crippen LogP contribution in [0.1, 0.15) is 190 Å². The van der Waals surface area contributed by atoms with Gasteiger partial charge in [0.2, 0.25) is 23.6 Å². The van der Waals surface area contributed by atoms with Crippen LogP contribution in [-0.4, -0.2) is 324 Å². The number of alkyl carbamates (subject to hydrolysis) is 1. The molecule has 0 aliphatic rings. The number of carbonyl (C=O) groups excluding carboxylic acids is 16. The van der Waals surface area contributed by atoms with E-state index in [1.807, 2.05) is 0 Å². The summed E-state index contributed by atoms with van der Waals surface area (Å²) in [7, 11) is 0. The fourth-order valence-electron chi connectivity index (χ4n) is 9.83. The van der Waals surface area contributed by atoms with Crippen molar-refractivity contribution in [2.75, 3.05) is 185 Å². The van der Waals surface area contributed by atoms with E-state index in [-0.39, 0.29) is 136 Å². The lowest BCUT2D eigenvalue weighted by Gasteiger charge is -2.34. The van der Waals surface area contributed by atoms with Gasteiger partial charge in [-0.2, -0.15) is 0 Å². The average molecular weight is 2490 g/mol. The van der Waals surface area contributed by atoms with E-state index in [0.717, 1.165) is 0 Å². The summed E-state index contributed by atoms with van der Waals surface area (Å²) in [6, 6.07) is 0. The zero-order valence-electron chi connectivity index (χ0n) is 80.1. The Morgan fingerprint density at radius 1 is 0.226 bits per heavy atom. The minimum Gasteiger partial charge on any atom is -0.464 e. The first-order chi connectivity index (χ1) is 60.7. The van der Waals surface area contributed by atoms with Gasteiger partial charge in [0, 0.05) is 70.2 Å². The van der Waals surface area contributed by atoms with Crippen molar-refractivity contribution in [2.45, 2.75) is 235 Å². The molecule has 768 valence electrons. The maximum atomic E-state index is 14.2. The van der Waals surface area contributed by atoms with Gasteiger partial charge in [0.05, 0.1) is 88.9 Å². The van der Waals surface area contributed by atoms with Crippen molar-refractivity contribution in [1.82, 2.24) is 26.6 Å². The number of Topliss-reactive ketones (excluding diaryl/α,β-unsaturated/α-hetero) is 2. The van der Waals surface area contributed by atoms with Gasteiger partial charge in [-0.05, 0) is 158 Å². The summed E-state index contributed by atoms with van der Waals surface area (Å²) in [5, 5.41) is 13.5. The zero-order valence-corrected chi connectivity index (χ0v) is 94.4. The van der Waals surface area contributed by atoms with Gasteiger partial charge in [0.15, 0.2) is 5.78 Å². The first-order valence-electron chi connectivity index (χ1n) is 42.6. The normalized spacial score (nSPS) is 12.8. The standard InChI is InChI=1S/C86H138Br9N5O33/c1-73(2,3)133-72(116)98-31-32-117-33-34-118-35-36-119-37-38-120-44-83(28-25-57(101)23-22-24-58(102)39-121-45-84(48-124-63(107)74(4,5)87,49-125-64(108)75(6,7)88)50-126-65(109)76(8,9)89,42-99-59(103)26-29-96-61(105)40-122-46-85(51-127-66(110)77(10,11)90,52-128-67(111)78(12,13)91)53-129-68(112)79(14,15)92)43-100-60(104)27-30-97-62(106)41-123-47-86(54-130-69(113)80(16,17)93,55-131-70(114)81(18,19)94)56-132-71(115)82(20,21)95/h22-56H2,1-21H3,(H,96,105)(H,97,106)(H,98,116)(H,99,103)(H,100,104). The summed E-state index contributed by atoms with van der Waals surface area (Å²) in [5.74, 6) is -10.2. The molecule has 0 bridgehead atoms. The Bertz CT molecular complexity index is 3200. The molecule has 0 saturated heterocycles. The van der Waals surface area contributed by atoms with E-state index in [9.17, 15) is 76.7 Å². The Kier molecular flexibility index (Phi) is 58.2. The number of hydrogen-bond acceptors (Lipinski definition) is 33. The number of ketones is 2.